The molecule has 2 heterocycles. The first kappa shape index (κ1) is 28.9. The van der Waals surface area contributed by atoms with Gasteiger partial charge >= 0.3 is 11.9 Å². The Balaban J connectivity index is 1.48. The first-order chi connectivity index (χ1) is 19.3. The summed E-state index contributed by atoms with van der Waals surface area (Å²) in [5, 5.41) is 15.6. The van der Waals surface area contributed by atoms with E-state index in [9.17, 15) is 14.7 Å². The average Bonchev–Trinajstić information content (AvgIpc) is 2.95. The van der Waals surface area contributed by atoms with Crippen LogP contribution in [0.3, 0.4) is 0 Å². The molecule has 214 valence electrons. The molecule has 5 atom stereocenters. The Bertz CT molecular complexity index is 1260. The first-order valence-electron chi connectivity index (χ1n) is 12.8. The zero-order valence-electron chi connectivity index (χ0n) is 22.8. The molecule has 0 aromatic heterocycles. The van der Waals surface area contributed by atoms with Gasteiger partial charge in [0.15, 0.2) is 6.10 Å². The molecule has 1 N–H and O–H groups in total. The van der Waals surface area contributed by atoms with E-state index in [0.29, 0.717) is 34.8 Å². The van der Waals surface area contributed by atoms with Gasteiger partial charge in [-0.2, -0.15) is 0 Å². The van der Waals surface area contributed by atoms with E-state index >= 15 is 0 Å². The molecule has 11 heteroatoms. The minimum Gasteiger partial charge on any atom is -0.497 e. The lowest BCUT2D eigenvalue weighted by atomic mass is 9.92. The van der Waals surface area contributed by atoms with Crippen LogP contribution >= 0.6 is 0 Å². The molecule has 0 amide bonds. The third-order valence-corrected chi connectivity index (χ3v) is 6.35. The normalized spacial score (nSPS) is 24.4. The highest BCUT2D eigenvalue weighted by Crippen LogP contribution is 2.38. The number of nitrogens with zero attached hydrogens (tertiary/aromatic N) is 1. The molecule has 2 aliphatic rings. The van der Waals surface area contributed by atoms with E-state index < -0.39 is 42.5 Å². The lowest BCUT2D eigenvalue weighted by Gasteiger charge is -2.32. The van der Waals surface area contributed by atoms with E-state index in [0.717, 1.165) is 0 Å². The van der Waals surface area contributed by atoms with Gasteiger partial charge in [-0.15, -0.1) is 0 Å². The molecule has 0 unspecified atom stereocenters. The van der Waals surface area contributed by atoms with E-state index in [1.807, 2.05) is 18.2 Å². The summed E-state index contributed by atoms with van der Waals surface area (Å²) in [6, 6.07) is 12.5. The number of carbonyl (C=O) groups excluding carboxylic acids is 2. The summed E-state index contributed by atoms with van der Waals surface area (Å²) in [7, 11) is 3.12. The van der Waals surface area contributed by atoms with Gasteiger partial charge < -0.3 is 38.4 Å². The largest absolute Gasteiger partial charge is 0.497 e. The molecule has 2 aromatic carbocycles. The van der Waals surface area contributed by atoms with Gasteiger partial charge in [-0.3, -0.25) is 9.59 Å². The molecule has 40 heavy (non-hydrogen) atoms. The number of esters is 2. The van der Waals surface area contributed by atoms with Crippen molar-refractivity contribution in [3.05, 3.63) is 65.7 Å². The zero-order valence-corrected chi connectivity index (χ0v) is 22.8. The van der Waals surface area contributed by atoms with Crippen molar-refractivity contribution in [1.82, 2.24) is 0 Å². The summed E-state index contributed by atoms with van der Waals surface area (Å²) >= 11 is 0. The Hall–Kier alpha value is -4.09. The Morgan fingerprint density at radius 3 is 2.50 bits per heavy atom. The lowest BCUT2D eigenvalue weighted by molar-refractivity contribution is -0.164. The van der Waals surface area contributed by atoms with Gasteiger partial charge in [0, 0.05) is 25.8 Å². The number of ether oxygens (including phenoxy) is 6. The second kappa shape index (κ2) is 13.3. The number of oxime groups is 1. The predicted molar refractivity (Wildman–Crippen MR) is 142 cm³/mol. The fourth-order valence-corrected chi connectivity index (χ4v) is 4.41. The molecule has 2 aliphatic heterocycles. The van der Waals surface area contributed by atoms with Crippen LogP contribution in [0.5, 0.6) is 17.2 Å². The monoisotopic (exact) mass is 555 g/mol. The number of rotatable bonds is 10. The quantitative estimate of drug-likeness (QED) is 0.202. The molecule has 0 saturated carbocycles. The van der Waals surface area contributed by atoms with Crippen molar-refractivity contribution in [1.29, 1.82) is 0 Å². The van der Waals surface area contributed by atoms with Crippen LogP contribution in [0.1, 0.15) is 37.5 Å². The van der Waals surface area contributed by atoms with Crippen LogP contribution in [-0.4, -0.2) is 74.6 Å². The van der Waals surface area contributed by atoms with E-state index in [4.69, 9.17) is 33.3 Å². The fourth-order valence-electron chi connectivity index (χ4n) is 4.41. The minimum atomic E-state index is -1.14. The number of carbonyl (C=O) groups is 2. The van der Waals surface area contributed by atoms with Gasteiger partial charge in [0.1, 0.15) is 54.5 Å². The zero-order chi connectivity index (χ0) is 28.6. The van der Waals surface area contributed by atoms with Crippen LogP contribution in [0.2, 0.25) is 0 Å². The molecule has 2 aromatic rings. The predicted octanol–water partition coefficient (Wildman–Crippen LogP) is 3.13. The summed E-state index contributed by atoms with van der Waals surface area (Å²) in [5.41, 5.74) is 1.55. The highest BCUT2D eigenvalue weighted by atomic mass is 16.6. The van der Waals surface area contributed by atoms with Gasteiger partial charge in [0.25, 0.3) is 0 Å². The SMILES string of the molecule is COc1cccc([C@H]2Oc3ccc(OC)cc3C(=NOCC[C@@H]3C=C[C@H](OC(C)=O)[C@@H](COC(C)=O)O3)[C@H]2O)c1. The highest BCUT2D eigenvalue weighted by molar-refractivity contribution is 6.07. The van der Waals surface area contributed by atoms with Crippen LogP contribution in [0.4, 0.5) is 0 Å². The standard InChI is InChI=1S/C29H33NO10/c1-17(31)36-16-26-25(38-18(2)32)11-8-20(39-26)12-13-37-30-27-23-15-22(35-4)9-10-24(23)40-29(28(27)33)19-6-5-7-21(14-19)34-3/h5-11,14-15,20,25-26,28-29,33H,12-13,16H2,1-4H3/t20-,25-,26+,28+,29+/m0/s1. The minimum absolute atomic E-state index is 0.0618. The Morgan fingerprint density at radius 1 is 1.00 bits per heavy atom. The van der Waals surface area contributed by atoms with E-state index in [-0.39, 0.29) is 18.9 Å². The molecule has 4 rings (SSSR count). The second-order valence-electron chi connectivity index (χ2n) is 9.19. The molecule has 0 bridgehead atoms. The summed E-state index contributed by atoms with van der Waals surface area (Å²) < 4.78 is 33.1. The topological polar surface area (TPSA) is 131 Å². The highest BCUT2D eigenvalue weighted by Gasteiger charge is 2.37. The number of fused-ring (bicyclic) bond motifs is 1. The van der Waals surface area contributed by atoms with Crippen molar-refractivity contribution < 1.29 is 48.0 Å². The molecule has 0 saturated heterocycles. The van der Waals surface area contributed by atoms with Crippen molar-refractivity contribution in [2.24, 2.45) is 5.16 Å². The van der Waals surface area contributed by atoms with Crippen molar-refractivity contribution in [2.45, 2.75) is 50.8 Å². The van der Waals surface area contributed by atoms with Gasteiger partial charge in [0.05, 0.1) is 20.3 Å². The Morgan fingerprint density at radius 2 is 1.77 bits per heavy atom. The van der Waals surface area contributed by atoms with Crippen molar-refractivity contribution >= 4 is 17.7 Å². The molecule has 0 fully saturated rings. The molecule has 0 aliphatic carbocycles. The average molecular weight is 556 g/mol. The molecular weight excluding hydrogens is 522 g/mol. The number of methoxy groups -OCH3 is 2. The maximum absolute atomic E-state index is 11.4. The van der Waals surface area contributed by atoms with Crippen molar-refractivity contribution in [3.63, 3.8) is 0 Å². The van der Waals surface area contributed by atoms with E-state index in [1.165, 1.54) is 13.8 Å². The molecule has 0 spiro atoms. The first-order valence-corrected chi connectivity index (χ1v) is 12.8. The number of aliphatic hydroxyl groups is 1. The summed E-state index contributed by atoms with van der Waals surface area (Å²) in [5.74, 6) is 0.790. The number of hydrogen-bond acceptors (Lipinski definition) is 11. The van der Waals surface area contributed by atoms with Crippen LogP contribution in [0, 0.1) is 0 Å². The van der Waals surface area contributed by atoms with Crippen molar-refractivity contribution in [2.75, 3.05) is 27.4 Å². The fraction of sp³-hybridized carbons (Fsp3) is 0.414. The summed E-state index contributed by atoms with van der Waals surface area (Å²) in [6.45, 7) is 2.68. The Labute approximate surface area is 232 Å². The van der Waals surface area contributed by atoms with E-state index in [2.05, 4.69) is 5.16 Å². The van der Waals surface area contributed by atoms with Crippen LogP contribution in [-0.2, 0) is 28.6 Å². The third-order valence-electron chi connectivity index (χ3n) is 6.35. The number of benzene rings is 2. The van der Waals surface area contributed by atoms with Gasteiger partial charge in [-0.1, -0.05) is 23.4 Å². The van der Waals surface area contributed by atoms with Gasteiger partial charge in [0.2, 0.25) is 0 Å². The van der Waals surface area contributed by atoms with Gasteiger partial charge in [-0.25, -0.2) is 0 Å². The Kier molecular flexibility index (Phi) is 9.62. The second-order valence-corrected chi connectivity index (χ2v) is 9.19. The van der Waals surface area contributed by atoms with Crippen LogP contribution in [0.15, 0.2) is 59.8 Å². The summed E-state index contributed by atoms with van der Waals surface area (Å²) in [4.78, 5) is 28.4. The molecule has 0 radical (unpaired) electrons. The number of aliphatic hydroxyl groups excluding tert-OH is 1. The molecular formula is C29H33NO10. The maximum atomic E-state index is 11.4. The molecule has 11 nitrogen and oxygen atoms in total. The van der Waals surface area contributed by atoms with Gasteiger partial charge in [-0.05, 0) is 42.0 Å². The third kappa shape index (κ3) is 7.10. The lowest BCUT2D eigenvalue weighted by Crippen LogP contribution is -2.41. The number of hydrogen-bond donors (Lipinski definition) is 1. The van der Waals surface area contributed by atoms with Crippen LogP contribution < -0.4 is 14.2 Å². The van der Waals surface area contributed by atoms with Crippen molar-refractivity contribution in [3.8, 4) is 17.2 Å². The smallest absolute Gasteiger partial charge is 0.303 e. The van der Waals surface area contributed by atoms with Crippen LogP contribution in [0.25, 0.3) is 0 Å². The summed E-state index contributed by atoms with van der Waals surface area (Å²) in [6.07, 6.45) is 0.243. The van der Waals surface area contributed by atoms with E-state index in [1.54, 1.807) is 50.6 Å². The maximum Gasteiger partial charge on any atom is 0.303 e.